The fourth-order valence-electron chi connectivity index (χ4n) is 1.13. The first-order valence-corrected chi connectivity index (χ1v) is 4.95. The molecular weight excluding hydrogens is 251 g/mol. The van der Waals surface area contributed by atoms with Crippen molar-refractivity contribution in [1.29, 1.82) is 0 Å². The van der Waals surface area contributed by atoms with Crippen molar-refractivity contribution in [2.75, 3.05) is 7.11 Å². The molecule has 76 valence electrons. The summed E-state index contributed by atoms with van der Waals surface area (Å²) < 4.78 is 18.2. The molecule has 0 atom stereocenters. The predicted octanol–water partition coefficient (Wildman–Crippen LogP) is 2.94. The second-order valence-electron chi connectivity index (χ2n) is 2.77. The van der Waals surface area contributed by atoms with Crippen LogP contribution in [0.4, 0.5) is 4.39 Å². The standard InChI is InChI=1S/C10H10BrFO2/c1-3-6-4-7(10(13)14-2)8(11)5-9(6)12/h4-5H,3H2,1-2H3. The lowest BCUT2D eigenvalue weighted by molar-refractivity contribution is 0.0599. The number of methoxy groups -OCH3 is 1. The molecule has 0 heterocycles. The molecule has 1 aromatic rings. The first kappa shape index (κ1) is 11.2. The third-order valence-corrected chi connectivity index (χ3v) is 2.58. The van der Waals surface area contributed by atoms with Gasteiger partial charge < -0.3 is 4.74 Å². The first-order chi connectivity index (χ1) is 6.60. The highest BCUT2D eigenvalue weighted by molar-refractivity contribution is 9.10. The summed E-state index contributed by atoms with van der Waals surface area (Å²) in [7, 11) is 1.30. The van der Waals surface area contributed by atoms with Crippen molar-refractivity contribution < 1.29 is 13.9 Å². The molecule has 14 heavy (non-hydrogen) atoms. The quantitative estimate of drug-likeness (QED) is 0.765. The Morgan fingerprint density at radius 1 is 1.57 bits per heavy atom. The molecule has 0 aliphatic heterocycles. The molecule has 0 saturated heterocycles. The Bertz CT molecular complexity index is 363. The molecule has 0 bridgehead atoms. The Kier molecular flexibility index (Phi) is 3.63. The van der Waals surface area contributed by atoms with E-state index >= 15 is 0 Å². The molecule has 2 nitrogen and oxygen atoms in total. The normalized spacial score (nSPS) is 10.0. The Balaban J connectivity index is 3.24. The number of esters is 1. The summed E-state index contributed by atoms with van der Waals surface area (Å²) in [5, 5.41) is 0. The van der Waals surface area contributed by atoms with Gasteiger partial charge in [0.15, 0.2) is 0 Å². The third-order valence-electron chi connectivity index (χ3n) is 1.92. The Morgan fingerprint density at radius 2 is 2.21 bits per heavy atom. The minimum Gasteiger partial charge on any atom is -0.465 e. The van der Waals surface area contributed by atoms with Crippen LogP contribution in [0.25, 0.3) is 0 Å². The SMILES string of the molecule is CCc1cc(C(=O)OC)c(Br)cc1F. The molecule has 0 aliphatic rings. The molecule has 1 rings (SSSR count). The van der Waals surface area contributed by atoms with Gasteiger partial charge in [-0.3, -0.25) is 0 Å². The molecule has 0 saturated carbocycles. The van der Waals surface area contributed by atoms with Gasteiger partial charge in [-0.25, -0.2) is 9.18 Å². The van der Waals surface area contributed by atoms with Crippen molar-refractivity contribution in [3.8, 4) is 0 Å². The lowest BCUT2D eigenvalue weighted by Crippen LogP contribution is -2.04. The van der Waals surface area contributed by atoms with Crippen LogP contribution in [-0.2, 0) is 11.2 Å². The van der Waals surface area contributed by atoms with E-state index in [-0.39, 0.29) is 5.82 Å². The van der Waals surface area contributed by atoms with Gasteiger partial charge >= 0.3 is 5.97 Å². The van der Waals surface area contributed by atoms with Crippen LogP contribution in [0.2, 0.25) is 0 Å². The highest BCUT2D eigenvalue weighted by Crippen LogP contribution is 2.22. The number of hydrogen-bond donors (Lipinski definition) is 0. The van der Waals surface area contributed by atoms with Crippen molar-refractivity contribution in [2.24, 2.45) is 0 Å². The molecule has 0 spiro atoms. The average Bonchev–Trinajstić information content (AvgIpc) is 2.17. The van der Waals surface area contributed by atoms with E-state index in [1.54, 1.807) is 0 Å². The summed E-state index contributed by atoms with van der Waals surface area (Å²) in [6.07, 6.45) is 0.545. The van der Waals surface area contributed by atoms with Crippen LogP contribution in [0.3, 0.4) is 0 Å². The van der Waals surface area contributed by atoms with Gasteiger partial charge in [0.2, 0.25) is 0 Å². The molecule has 0 fully saturated rings. The van der Waals surface area contributed by atoms with Crippen molar-refractivity contribution in [3.05, 3.63) is 33.5 Å². The average molecular weight is 261 g/mol. The van der Waals surface area contributed by atoms with Crippen LogP contribution < -0.4 is 0 Å². The van der Waals surface area contributed by atoms with Crippen molar-refractivity contribution >= 4 is 21.9 Å². The summed E-state index contributed by atoms with van der Waals surface area (Å²) in [6.45, 7) is 1.83. The largest absolute Gasteiger partial charge is 0.465 e. The van der Waals surface area contributed by atoms with E-state index < -0.39 is 5.97 Å². The number of ether oxygens (including phenoxy) is 1. The smallest absolute Gasteiger partial charge is 0.339 e. The highest BCUT2D eigenvalue weighted by atomic mass is 79.9. The van der Waals surface area contributed by atoms with Crippen molar-refractivity contribution in [1.82, 2.24) is 0 Å². The number of aryl methyl sites for hydroxylation is 1. The van der Waals surface area contributed by atoms with Crippen molar-refractivity contribution in [3.63, 3.8) is 0 Å². The predicted molar refractivity (Wildman–Crippen MR) is 54.8 cm³/mol. The molecule has 0 unspecified atom stereocenters. The summed E-state index contributed by atoms with van der Waals surface area (Å²) in [6, 6.07) is 2.79. The van der Waals surface area contributed by atoms with Crippen LogP contribution in [-0.4, -0.2) is 13.1 Å². The lowest BCUT2D eigenvalue weighted by atomic mass is 10.1. The maximum atomic E-state index is 13.2. The Hall–Kier alpha value is -0.900. The van der Waals surface area contributed by atoms with E-state index in [0.29, 0.717) is 22.0 Å². The molecule has 0 N–H and O–H groups in total. The number of carbonyl (C=O) groups is 1. The van der Waals surface area contributed by atoms with Gasteiger partial charge in [0, 0.05) is 4.47 Å². The summed E-state index contributed by atoms with van der Waals surface area (Å²) in [5.41, 5.74) is 0.861. The number of halogens is 2. The van der Waals surface area contributed by atoms with Crippen LogP contribution in [0.15, 0.2) is 16.6 Å². The van der Waals surface area contributed by atoms with E-state index in [0.717, 1.165) is 0 Å². The van der Waals surface area contributed by atoms with Crippen LogP contribution in [0.1, 0.15) is 22.8 Å². The van der Waals surface area contributed by atoms with E-state index in [9.17, 15) is 9.18 Å². The van der Waals surface area contributed by atoms with Crippen LogP contribution in [0, 0.1) is 5.82 Å². The number of rotatable bonds is 2. The zero-order chi connectivity index (χ0) is 10.7. The minimum absolute atomic E-state index is 0.313. The van der Waals surface area contributed by atoms with Crippen molar-refractivity contribution in [2.45, 2.75) is 13.3 Å². The van der Waals surface area contributed by atoms with Crippen LogP contribution in [0.5, 0.6) is 0 Å². The summed E-state index contributed by atoms with van der Waals surface area (Å²) in [4.78, 5) is 11.2. The Morgan fingerprint density at radius 3 is 2.71 bits per heavy atom. The van der Waals surface area contributed by atoms with Gasteiger partial charge in [-0.1, -0.05) is 6.92 Å². The van der Waals surface area contributed by atoms with Gasteiger partial charge in [-0.05, 0) is 40.0 Å². The van der Waals surface area contributed by atoms with E-state index in [4.69, 9.17) is 0 Å². The molecule has 0 aliphatic carbocycles. The number of carbonyl (C=O) groups excluding carboxylic acids is 1. The Labute approximate surface area is 90.2 Å². The van der Waals surface area contributed by atoms with E-state index in [2.05, 4.69) is 20.7 Å². The first-order valence-electron chi connectivity index (χ1n) is 4.16. The summed E-state index contributed by atoms with van der Waals surface area (Å²) in [5.74, 6) is -0.779. The summed E-state index contributed by atoms with van der Waals surface area (Å²) >= 11 is 3.11. The van der Waals surface area contributed by atoms with E-state index in [1.165, 1.54) is 19.2 Å². The fourth-order valence-corrected chi connectivity index (χ4v) is 1.61. The third kappa shape index (κ3) is 2.12. The topological polar surface area (TPSA) is 26.3 Å². The zero-order valence-corrected chi connectivity index (χ0v) is 9.52. The highest BCUT2D eigenvalue weighted by Gasteiger charge is 2.13. The molecule has 0 amide bonds. The second kappa shape index (κ2) is 4.55. The van der Waals surface area contributed by atoms with Gasteiger partial charge in [0.1, 0.15) is 5.82 Å². The monoisotopic (exact) mass is 260 g/mol. The maximum Gasteiger partial charge on any atom is 0.339 e. The fraction of sp³-hybridized carbons (Fsp3) is 0.300. The van der Waals surface area contributed by atoms with Gasteiger partial charge in [-0.2, -0.15) is 0 Å². The van der Waals surface area contributed by atoms with E-state index in [1.807, 2.05) is 6.92 Å². The van der Waals surface area contributed by atoms with Gasteiger partial charge in [-0.15, -0.1) is 0 Å². The molecular formula is C10H10BrFO2. The molecule has 0 aromatic heterocycles. The molecule has 1 aromatic carbocycles. The van der Waals surface area contributed by atoms with Gasteiger partial charge in [0.25, 0.3) is 0 Å². The molecule has 4 heteroatoms. The molecule has 0 radical (unpaired) electrons. The number of benzene rings is 1. The van der Waals surface area contributed by atoms with Gasteiger partial charge in [0.05, 0.1) is 12.7 Å². The lowest BCUT2D eigenvalue weighted by Gasteiger charge is -2.06. The van der Waals surface area contributed by atoms with Crippen LogP contribution >= 0.6 is 15.9 Å². The number of hydrogen-bond acceptors (Lipinski definition) is 2. The second-order valence-corrected chi connectivity index (χ2v) is 3.62. The maximum absolute atomic E-state index is 13.2. The zero-order valence-electron chi connectivity index (χ0n) is 7.93. The minimum atomic E-state index is -0.466.